The van der Waals surface area contributed by atoms with E-state index in [0.29, 0.717) is 43.6 Å². The van der Waals surface area contributed by atoms with Crippen LogP contribution in [0.2, 0.25) is 0 Å². The van der Waals surface area contributed by atoms with Gasteiger partial charge in [0.2, 0.25) is 11.8 Å². The number of piperidine rings is 2. The lowest BCUT2D eigenvalue weighted by molar-refractivity contribution is -0.127. The largest absolute Gasteiger partial charge is 0.443 e. The van der Waals surface area contributed by atoms with Gasteiger partial charge in [0.25, 0.3) is 11.8 Å². The van der Waals surface area contributed by atoms with Gasteiger partial charge in [0.05, 0.1) is 11.8 Å². The number of amides is 5. The molecule has 2 saturated heterocycles. The van der Waals surface area contributed by atoms with Crippen LogP contribution in [0, 0.1) is 23.5 Å². The molecule has 2 aliphatic heterocycles. The topological polar surface area (TPSA) is 163 Å². The summed E-state index contributed by atoms with van der Waals surface area (Å²) in [4.78, 5) is 63.2. The lowest BCUT2D eigenvalue weighted by Gasteiger charge is -2.32. The molecule has 0 bridgehead atoms. The van der Waals surface area contributed by atoms with Crippen molar-refractivity contribution in [2.24, 2.45) is 17.7 Å². The second-order valence-electron chi connectivity index (χ2n) is 11.8. The van der Waals surface area contributed by atoms with Gasteiger partial charge in [0.1, 0.15) is 17.2 Å². The summed E-state index contributed by atoms with van der Waals surface area (Å²) in [6.07, 6.45) is 1.99. The number of nitrogens with one attached hydrogen (secondary N) is 3. The fourth-order valence-electron chi connectivity index (χ4n) is 4.94. The summed E-state index contributed by atoms with van der Waals surface area (Å²) in [6, 6.07) is 10.7. The van der Waals surface area contributed by atoms with Crippen LogP contribution in [0.25, 0.3) is 0 Å². The first kappa shape index (κ1) is 34.9. The van der Waals surface area contributed by atoms with E-state index in [9.17, 15) is 32.8 Å². The molecule has 2 aromatic rings. The molecular formula is C31H40F2N6O6. The van der Waals surface area contributed by atoms with Crippen molar-refractivity contribution in [3.05, 3.63) is 71.3 Å². The average molecular weight is 631 g/mol. The molecule has 0 radical (unpaired) electrons. The van der Waals surface area contributed by atoms with E-state index in [1.807, 2.05) is 0 Å². The molecule has 14 heteroatoms. The van der Waals surface area contributed by atoms with Gasteiger partial charge >= 0.3 is 6.09 Å². The molecule has 0 aromatic heterocycles. The minimum atomic E-state index is -0.749. The minimum Gasteiger partial charge on any atom is -0.443 e. The third-order valence-corrected chi connectivity index (χ3v) is 7.17. The predicted octanol–water partition coefficient (Wildman–Crippen LogP) is 2.90. The number of carbonyl (C=O) groups is 5. The zero-order valence-electron chi connectivity index (χ0n) is 25.6. The zero-order chi connectivity index (χ0) is 33.1. The van der Waals surface area contributed by atoms with E-state index in [1.165, 1.54) is 48.5 Å². The molecule has 2 fully saturated rings. The van der Waals surface area contributed by atoms with E-state index in [-0.39, 0.29) is 41.9 Å². The summed E-state index contributed by atoms with van der Waals surface area (Å²) < 4.78 is 30.8. The quantitative estimate of drug-likeness (QED) is 0.229. The van der Waals surface area contributed by atoms with Crippen molar-refractivity contribution < 1.29 is 37.5 Å². The molecule has 4 rings (SSSR count). The van der Waals surface area contributed by atoms with Crippen LogP contribution < -0.4 is 22.1 Å². The molecule has 45 heavy (non-hydrogen) atoms. The molecular weight excluding hydrogens is 590 g/mol. The van der Waals surface area contributed by atoms with Crippen molar-refractivity contribution in [1.29, 1.82) is 0 Å². The summed E-state index contributed by atoms with van der Waals surface area (Å²) in [5.74, 6) is 2.53. The van der Waals surface area contributed by atoms with Gasteiger partial charge < -0.3 is 14.5 Å². The first-order valence-electron chi connectivity index (χ1n) is 14.7. The molecule has 5 N–H and O–H groups in total. The lowest BCUT2D eigenvalue weighted by Crippen LogP contribution is -2.50. The monoisotopic (exact) mass is 630 g/mol. The number of nitrogens with zero attached hydrogens (tertiary/aromatic N) is 2. The molecule has 0 saturated carbocycles. The number of likely N-dealkylation sites (tertiary alicyclic amines) is 2. The second kappa shape index (κ2) is 15.9. The Kier molecular flexibility index (Phi) is 12.4. The number of hydrogen-bond acceptors (Lipinski definition) is 7. The Hall–Kier alpha value is -4.59. The van der Waals surface area contributed by atoms with E-state index in [0.717, 1.165) is 12.8 Å². The van der Waals surface area contributed by atoms with Crippen LogP contribution in [-0.4, -0.2) is 71.3 Å². The van der Waals surface area contributed by atoms with Crippen molar-refractivity contribution in [3.63, 3.8) is 0 Å². The molecule has 2 unspecified atom stereocenters. The first-order chi connectivity index (χ1) is 21.3. The van der Waals surface area contributed by atoms with Crippen LogP contribution in [0.5, 0.6) is 0 Å². The van der Waals surface area contributed by atoms with Gasteiger partial charge in [-0.1, -0.05) is 0 Å². The van der Waals surface area contributed by atoms with Crippen LogP contribution in [0.4, 0.5) is 13.6 Å². The Morgan fingerprint density at radius 2 is 1.16 bits per heavy atom. The van der Waals surface area contributed by atoms with Crippen LogP contribution in [0.15, 0.2) is 48.5 Å². The maximum atomic E-state index is 13.0. The van der Waals surface area contributed by atoms with E-state index < -0.39 is 23.4 Å². The average Bonchev–Trinajstić information content (AvgIpc) is 3.03. The number of hydrogen-bond donors (Lipinski definition) is 4. The van der Waals surface area contributed by atoms with Crippen LogP contribution >= 0.6 is 0 Å². The maximum Gasteiger partial charge on any atom is 0.426 e. The van der Waals surface area contributed by atoms with Crippen LogP contribution in [-0.2, 0) is 14.3 Å². The normalized spacial score (nSPS) is 18.1. The number of hydrazine groups is 2. The van der Waals surface area contributed by atoms with Gasteiger partial charge in [-0.05, 0) is 95.0 Å². The van der Waals surface area contributed by atoms with E-state index in [1.54, 1.807) is 30.6 Å². The minimum absolute atomic E-state index is 0.186. The molecule has 0 aliphatic carbocycles. The second-order valence-corrected chi connectivity index (χ2v) is 11.8. The van der Waals surface area contributed by atoms with Crippen LogP contribution in [0.3, 0.4) is 0 Å². The Bertz CT molecular complexity index is 1350. The van der Waals surface area contributed by atoms with E-state index >= 15 is 0 Å². The number of benzene rings is 2. The molecule has 5 amide bonds. The zero-order valence-corrected chi connectivity index (χ0v) is 25.6. The first-order valence-corrected chi connectivity index (χ1v) is 14.7. The SMILES string of the molecule is CC(C)(C)OC(=O)NNC(=O)C1CCCN(C(=O)c2ccc(F)cc2)C1.NNC(=O)C1CCCN(C(=O)c2ccc(F)cc2)C1. The summed E-state index contributed by atoms with van der Waals surface area (Å²) in [6.45, 7) is 6.86. The van der Waals surface area contributed by atoms with E-state index in [4.69, 9.17) is 10.6 Å². The number of halogens is 2. The molecule has 2 heterocycles. The number of carbonyl (C=O) groups excluding carboxylic acids is 5. The molecule has 2 aliphatic rings. The van der Waals surface area contributed by atoms with Crippen molar-refractivity contribution >= 4 is 29.7 Å². The Labute approximate surface area is 260 Å². The Balaban J connectivity index is 0.000000257. The fraction of sp³-hybridized carbons (Fsp3) is 0.452. The summed E-state index contributed by atoms with van der Waals surface area (Å²) in [7, 11) is 0. The number of rotatable bonds is 4. The van der Waals surface area contributed by atoms with Gasteiger partial charge in [0.15, 0.2) is 0 Å². The third-order valence-electron chi connectivity index (χ3n) is 7.17. The number of ether oxygens (including phenoxy) is 1. The van der Waals surface area contributed by atoms with Crippen molar-refractivity contribution in [2.75, 3.05) is 26.2 Å². The smallest absolute Gasteiger partial charge is 0.426 e. The highest BCUT2D eigenvalue weighted by Gasteiger charge is 2.30. The third kappa shape index (κ3) is 10.8. The molecule has 2 aromatic carbocycles. The van der Waals surface area contributed by atoms with Crippen molar-refractivity contribution in [3.8, 4) is 0 Å². The highest BCUT2D eigenvalue weighted by Crippen LogP contribution is 2.20. The summed E-state index contributed by atoms with van der Waals surface area (Å²) in [5.41, 5.74) is 6.79. The van der Waals surface area contributed by atoms with Gasteiger partial charge in [-0.2, -0.15) is 0 Å². The van der Waals surface area contributed by atoms with Gasteiger partial charge in [-0.25, -0.2) is 24.8 Å². The van der Waals surface area contributed by atoms with Gasteiger partial charge in [-0.3, -0.25) is 30.0 Å². The van der Waals surface area contributed by atoms with Crippen LogP contribution in [0.1, 0.15) is 67.2 Å². The van der Waals surface area contributed by atoms with Gasteiger partial charge in [-0.15, -0.1) is 0 Å². The molecule has 244 valence electrons. The summed E-state index contributed by atoms with van der Waals surface area (Å²) in [5, 5.41) is 0. The molecule has 2 atom stereocenters. The number of nitrogens with two attached hydrogens (primary N) is 1. The van der Waals surface area contributed by atoms with E-state index in [2.05, 4.69) is 16.3 Å². The van der Waals surface area contributed by atoms with Crippen molar-refractivity contribution in [1.82, 2.24) is 26.1 Å². The van der Waals surface area contributed by atoms with Crippen molar-refractivity contribution in [2.45, 2.75) is 52.1 Å². The predicted molar refractivity (Wildman–Crippen MR) is 160 cm³/mol. The standard InChI is InChI=1S/C18H24FN3O4.C13H16FN3O2/c1-18(2,3)26-17(25)21-20-15(23)13-5-4-10-22(11-13)16(24)12-6-8-14(19)9-7-12;14-11-5-3-9(4-6-11)13(19)17-7-1-2-10(8-17)12(18)16-15/h6-9,13H,4-5,10-11H2,1-3H3,(H,20,23)(H,21,25);3-6,10H,1-2,7-8,15H2,(H,16,18). The maximum absolute atomic E-state index is 13.0. The molecule has 0 spiro atoms. The fourth-order valence-corrected chi connectivity index (χ4v) is 4.94. The lowest BCUT2D eigenvalue weighted by atomic mass is 9.96. The summed E-state index contributed by atoms with van der Waals surface area (Å²) >= 11 is 0. The highest BCUT2D eigenvalue weighted by atomic mass is 19.1. The highest BCUT2D eigenvalue weighted by molar-refractivity contribution is 5.95. The Morgan fingerprint density at radius 3 is 1.56 bits per heavy atom. The van der Waals surface area contributed by atoms with Gasteiger partial charge in [0, 0.05) is 37.3 Å². The molecule has 12 nitrogen and oxygen atoms in total. The Morgan fingerprint density at radius 1 is 0.733 bits per heavy atom.